The minimum Gasteiger partial charge on any atom is -0.388 e. The van der Waals surface area contributed by atoms with E-state index in [4.69, 9.17) is 9.47 Å². The smallest absolute Gasteiger partial charge is 0.319 e. The van der Waals surface area contributed by atoms with Gasteiger partial charge in [-0.15, -0.1) is 0 Å². The van der Waals surface area contributed by atoms with E-state index in [1.807, 2.05) is 0 Å². The van der Waals surface area contributed by atoms with Crippen LogP contribution in [0.4, 0.5) is 14.9 Å². The van der Waals surface area contributed by atoms with Crippen molar-refractivity contribution in [2.45, 2.75) is 30.8 Å². The highest BCUT2D eigenvalue weighted by molar-refractivity contribution is 5.89. The zero-order valence-electron chi connectivity index (χ0n) is 14.9. The average Bonchev–Trinajstić information content (AvgIpc) is 2.88. The van der Waals surface area contributed by atoms with Crippen LogP contribution in [0.5, 0.6) is 0 Å². The molecule has 10 heteroatoms. The molecule has 0 saturated carbocycles. The molecule has 27 heavy (non-hydrogen) atoms. The summed E-state index contributed by atoms with van der Waals surface area (Å²) < 4.78 is 23.4. The number of urea groups is 1. The Morgan fingerprint density at radius 1 is 1.22 bits per heavy atom. The molecule has 1 saturated heterocycles. The van der Waals surface area contributed by atoms with E-state index < -0.39 is 36.3 Å². The second-order valence-corrected chi connectivity index (χ2v) is 6.09. The maximum Gasteiger partial charge on any atom is 0.319 e. The van der Waals surface area contributed by atoms with E-state index in [9.17, 15) is 24.2 Å². The Bertz CT molecular complexity index is 647. The van der Waals surface area contributed by atoms with E-state index in [1.165, 1.54) is 25.3 Å². The molecular formula is C17H24FN3O6. The molecule has 3 amide bonds. The zero-order valence-corrected chi connectivity index (χ0v) is 14.9. The first kappa shape index (κ1) is 21.0. The number of aliphatic hydroxyl groups excluding tert-OH is 2. The van der Waals surface area contributed by atoms with Gasteiger partial charge >= 0.3 is 6.03 Å². The Labute approximate surface area is 155 Å². The fraction of sp³-hybridized carbons (Fsp3) is 0.529. The van der Waals surface area contributed by atoms with E-state index in [2.05, 4.69) is 16.0 Å². The summed E-state index contributed by atoms with van der Waals surface area (Å²) in [6, 6.07) is 4.76. The van der Waals surface area contributed by atoms with Gasteiger partial charge in [-0.05, 0) is 18.2 Å². The lowest BCUT2D eigenvalue weighted by Gasteiger charge is -2.15. The molecule has 4 atom stereocenters. The van der Waals surface area contributed by atoms with Crippen LogP contribution < -0.4 is 16.0 Å². The molecule has 0 unspecified atom stereocenters. The molecule has 9 nitrogen and oxygen atoms in total. The predicted molar refractivity (Wildman–Crippen MR) is 93.6 cm³/mol. The second kappa shape index (κ2) is 10.2. The quantitative estimate of drug-likeness (QED) is 0.387. The van der Waals surface area contributed by atoms with Gasteiger partial charge in [-0.1, -0.05) is 6.07 Å². The number of carbonyl (C=O) groups is 2. The lowest BCUT2D eigenvalue weighted by Crippen LogP contribution is -2.41. The van der Waals surface area contributed by atoms with Gasteiger partial charge in [0.1, 0.15) is 24.1 Å². The van der Waals surface area contributed by atoms with Crippen LogP contribution in [0.1, 0.15) is 6.42 Å². The van der Waals surface area contributed by atoms with Gasteiger partial charge in [0.15, 0.2) is 0 Å². The number of amides is 3. The number of rotatable bonds is 8. The SMILES string of the molecule is COCCNC(=O)C[C@@H]1O[C@H](CNC(=O)Nc2cccc(F)c2)[C@@H](O)[C@H]1O. The van der Waals surface area contributed by atoms with Crippen molar-refractivity contribution in [1.82, 2.24) is 10.6 Å². The third-order valence-corrected chi connectivity index (χ3v) is 4.02. The highest BCUT2D eigenvalue weighted by atomic mass is 19.1. The number of halogens is 1. The highest BCUT2D eigenvalue weighted by Gasteiger charge is 2.43. The molecule has 5 N–H and O–H groups in total. The summed E-state index contributed by atoms with van der Waals surface area (Å²) in [4.78, 5) is 23.6. The molecule has 0 aromatic heterocycles. The first-order valence-corrected chi connectivity index (χ1v) is 8.48. The first-order chi connectivity index (χ1) is 12.9. The lowest BCUT2D eigenvalue weighted by atomic mass is 10.1. The van der Waals surface area contributed by atoms with Crippen molar-refractivity contribution < 1.29 is 33.7 Å². The summed E-state index contributed by atoms with van der Waals surface area (Å²) in [7, 11) is 1.51. The Morgan fingerprint density at radius 3 is 2.67 bits per heavy atom. The summed E-state index contributed by atoms with van der Waals surface area (Å²) in [5.41, 5.74) is 0.269. The van der Waals surface area contributed by atoms with E-state index >= 15 is 0 Å². The van der Waals surface area contributed by atoms with Gasteiger partial charge in [0.25, 0.3) is 0 Å². The minimum atomic E-state index is -1.25. The van der Waals surface area contributed by atoms with E-state index in [1.54, 1.807) is 0 Å². The van der Waals surface area contributed by atoms with Gasteiger partial charge in [0.05, 0.1) is 19.1 Å². The van der Waals surface area contributed by atoms with Gasteiger partial charge in [-0.2, -0.15) is 0 Å². The van der Waals surface area contributed by atoms with Crippen molar-refractivity contribution >= 4 is 17.6 Å². The van der Waals surface area contributed by atoms with Gasteiger partial charge in [0.2, 0.25) is 5.91 Å². The number of ether oxygens (including phenoxy) is 2. The van der Waals surface area contributed by atoms with Crippen LogP contribution in [0.2, 0.25) is 0 Å². The average molecular weight is 385 g/mol. The zero-order chi connectivity index (χ0) is 19.8. The molecule has 0 radical (unpaired) electrons. The molecule has 0 aliphatic carbocycles. The maximum absolute atomic E-state index is 13.1. The lowest BCUT2D eigenvalue weighted by molar-refractivity contribution is -0.125. The molecule has 0 bridgehead atoms. The number of hydrogen-bond acceptors (Lipinski definition) is 6. The standard InChI is InChI=1S/C17H24FN3O6/c1-26-6-5-19-14(22)8-12-15(23)16(24)13(27-12)9-20-17(25)21-11-4-2-3-10(18)7-11/h2-4,7,12-13,15-16,23-24H,5-6,8-9H2,1H3,(H,19,22)(H2,20,21,25)/t12-,13+,15-,16+/m0/s1. The van der Waals surface area contributed by atoms with Crippen LogP contribution in [-0.2, 0) is 14.3 Å². The van der Waals surface area contributed by atoms with E-state index in [0.717, 1.165) is 6.07 Å². The molecule has 1 heterocycles. The van der Waals surface area contributed by atoms with Crippen molar-refractivity contribution in [3.05, 3.63) is 30.1 Å². The van der Waals surface area contributed by atoms with Crippen LogP contribution in [0.3, 0.4) is 0 Å². The second-order valence-electron chi connectivity index (χ2n) is 6.09. The van der Waals surface area contributed by atoms with Crippen LogP contribution in [0, 0.1) is 5.82 Å². The van der Waals surface area contributed by atoms with Crippen LogP contribution in [-0.4, -0.2) is 73.4 Å². The third kappa shape index (κ3) is 6.43. The predicted octanol–water partition coefficient (Wildman–Crippen LogP) is -0.411. The molecule has 150 valence electrons. The van der Waals surface area contributed by atoms with E-state index in [0.29, 0.717) is 13.2 Å². The topological polar surface area (TPSA) is 129 Å². The Kier molecular flexibility index (Phi) is 7.92. The van der Waals surface area contributed by atoms with Crippen LogP contribution in [0.25, 0.3) is 0 Å². The molecule has 1 fully saturated rings. The Morgan fingerprint density at radius 2 is 1.96 bits per heavy atom. The van der Waals surface area contributed by atoms with Crippen LogP contribution >= 0.6 is 0 Å². The fourth-order valence-corrected chi connectivity index (χ4v) is 2.65. The van der Waals surface area contributed by atoms with Crippen molar-refractivity contribution in [3.63, 3.8) is 0 Å². The summed E-state index contributed by atoms with van der Waals surface area (Å²) in [5, 5.41) is 27.6. The molecule has 1 aliphatic heterocycles. The molecule has 2 rings (SSSR count). The molecule has 1 aromatic rings. The number of nitrogens with one attached hydrogen (secondary N) is 3. The van der Waals surface area contributed by atoms with E-state index in [-0.39, 0.29) is 24.6 Å². The third-order valence-electron chi connectivity index (χ3n) is 4.02. The minimum absolute atomic E-state index is 0.0961. The largest absolute Gasteiger partial charge is 0.388 e. The molecule has 1 aliphatic rings. The number of anilines is 1. The van der Waals surface area contributed by atoms with Crippen molar-refractivity contribution in [1.29, 1.82) is 0 Å². The van der Waals surface area contributed by atoms with Crippen molar-refractivity contribution in [3.8, 4) is 0 Å². The summed E-state index contributed by atoms with van der Waals surface area (Å²) in [6.07, 6.45) is -4.41. The van der Waals surface area contributed by atoms with Gasteiger partial charge in [-0.25, -0.2) is 9.18 Å². The Hall–Kier alpha value is -2.27. The van der Waals surface area contributed by atoms with Crippen molar-refractivity contribution in [2.75, 3.05) is 32.1 Å². The number of hydrogen-bond donors (Lipinski definition) is 5. The van der Waals surface area contributed by atoms with Gasteiger partial charge < -0.3 is 35.6 Å². The normalized spacial score (nSPS) is 24.4. The first-order valence-electron chi connectivity index (χ1n) is 8.48. The Balaban J connectivity index is 1.77. The molecular weight excluding hydrogens is 361 g/mol. The van der Waals surface area contributed by atoms with Gasteiger partial charge in [-0.3, -0.25) is 4.79 Å². The summed E-state index contributed by atoms with van der Waals surface area (Å²) in [5.74, 6) is -0.835. The number of methoxy groups -OCH3 is 1. The number of benzene rings is 1. The maximum atomic E-state index is 13.1. The van der Waals surface area contributed by atoms with Crippen molar-refractivity contribution in [2.24, 2.45) is 0 Å². The highest BCUT2D eigenvalue weighted by Crippen LogP contribution is 2.23. The summed E-state index contributed by atoms with van der Waals surface area (Å²) >= 11 is 0. The fourth-order valence-electron chi connectivity index (χ4n) is 2.65. The van der Waals surface area contributed by atoms with Crippen LogP contribution in [0.15, 0.2) is 24.3 Å². The molecule has 1 aromatic carbocycles. The number of carbonyl (C=O) groups excluding carboxylic acids is 2. The van der Waals surface area contributed by atoms with Gasteiger partial charge in [0, 0.05) is 25.9 Å². The monoisotopic (exact) mass is 385 g/mol. The number of aliphatic hydroxyl groups is 2. The molecule has 0 spiro atoms. The summed E-state index contributed by atoms with van der Waals surface area (Å²) in [6.45, 7) is 0.586.